The highest BCUT2D eigenvalue weighted by atomic mass is 16.6. The number of nitrogens with zero attached hydrogens (tertiary/aromatic N) is 1. The molecule has 1 aromatic carbocycles. The fraction of sp³-hybridized carbons (Fsp3) is 0.310. The third-order valence-corrected chi connectivity index (χ3v) is 6.50. The van der Waals surface area contributed by atoms with Crippen molar-refractivity contribution < 1.29 is 23.9 Å². The van der Waals surface area contributed by atoms with E-state index in [1.165, 1.54) is 6.08 Å². The fourth-order valence-electron chi connectivity index (χ4n) is 4.26. The largest absolute Gasteiger partial charge is 0.422 e. The molecule has 3 rings (SSSR count). The lowest BCUT2D eigenvalue weighted by molar-refractivity contribution is -0.150. The topological polar surface area (TPSA) is 92.8 Å². The average Bonchev–Trinajstić information content (AvgIpc) is 3.14. The zero-order valence-corrected chi connectivity index (χ0v) is 20.9. The van der Waals surface area contributed by atoms with Crippen molar-refractivity contribution in [2.75, 3.05) is 6.54 Å². The minimum Gasteiger partial charge on any atom is -0.422 e. The predicted molar refractivity (Wildman–Crippen MR) is 138 cm³/mol. The summed E-state index contributed by atoms with van der Waals surface area (Å²) in [5.41, 5.74) is -0.251. The van der Waals surface area contributed by atoms with E-state index in [0.29, 0.717) is 5.57 Å². The van der Waals surface area contributed by atoms with Gasteiger partial charge in [0.05, 0.1) is 12.6 Å². The summed E-state index contributed by atoms with van der Waals surface area (Å²) in [6, 6.07) is 8.41. The van der Waals surface area contributed by atoms with Crippen LogP contribution in [0.5, 0.6) is 0 Å². The third-order valence-electron chi connectivity index (χ3n) is 6.50. The number of allylic oxidation sites excluding steroid dienone is 7. The summed E-state index contributed by atoms with van der Waals surface area (Å²) in [4.78, 5) is 54.0. The van der Waals surface area contributed by atoms with Gasteiger partial charge in [-0.05, 0) is 31.7 Å². The number of carbonyl (C=O) groups excluding carboxylic acids is 4. The second-order valence-corrected chi connectivity index (χ2v) is 8.90. The molecule has 7 nitrogen and oxygen atoms in total. The van der Waals surface area contributed by atoms with Crippen molar-refractivity contribution in [3.8, 4) is 0 Å². The van der Waals surface area contributed by atoms with Gasteiger partial charge >= 0.3 is 6.09 Å². The molecule has 36 heavy (non-hydrogen) atoms. The zero-order valence-electron chi connectivity index (χ0n) is 20.9. The number of rotatable bonds is 10. The van der Waals surface area contributed by atoms with Crippen molar-refractivity contribution in [1.82, 2.24) is 10.2 Å². The Morgan fingerprint density at radius 2 is 2.00 bits per heavy atom. The number of benzene rings is 1. The Labute approximate surface area is 211 Å². The van der Waals surface area contributed by atoms with Gasteiger partial charge in [-0.1, -0.05) is 91.9 Å². The average molecular weight is 489 g/mol. The van der Waals surface area contributed by atoms with Gasteiger partial charge in [-0.3, -0.25) is 14.4 Å². The summed E-state index contributed by atoms with van der Waals surface area (Å²) < 4.78 is 5.62. The number of Topliss-reactive ketones (excluding diaryl/α,β-unsaturated/α-hetero) is 1. The van der Waals surface area contributed by atoms with Crippen LogP contribution >= 0.6 is 0 Å². The molecule has 188 valence electrons. The highest BCUT2D eigenvalue weighted by molar-refractivity contribution is 6.18. The number of carbonyl (C=O) groups is 4. The Bertz CT molecular complexity index is 1160. The van der Waals surface area contributed by atoms with E-state index in [1.54, 1.807) is 37.3 Å². The van der Waals surface area contributed by atoms with Crippen molar-refractivity contribution in [1.29, 1.82) is 0 Å². The molecular weight excluding hydrogens is 456 g/mol. The monoisotopic (exact) mass is 488 g/mol. The van der Waals surface area contributed by atoms with Gasteiger partial charge in [-0.25, -0.2) is 9.69 Å². The van der Waals surface area contributed by atoms with Crippen LogP contribution in [0, 0.1) is 5.92 Å². The third kappa shape index (κ3) is 5.46. The maximum Gasteiger partial charge on any atom is 0.418 e. The van der Waals surface area contributed by atoms with E-state index in [1.807, 2.05) is 50.3 Å². The van der Waals surface area contributed by atoms with Crippen molar-refractivity contribution in [3.05, 3.63) is 96.2 Å². The van der Waals surface area contributed by atoms with Crippen LogP contribution in [0.1, 0.15) is 45.2 Å². The van der Waals surface area contributed by atoms with Gasteiger partial charge in [0.1, 0.15) is 0 Å². The number of hydrogen-bond donors (Lipinski definition) is 1. The SMILES string of the molecule is C=CC(=CC=CC)C(=O)CNC(=O)C1(CC2=CC=CCC2C)OC(=O)N(C(C)c2ccccc2)C1=O. The Balaban J connectivity index is 1.92. The molecule has 3 atom stereocenters. The summed E-state index contributed by atoms with van der Waals surface area (Å²) >= 11 is 0. The lowest BCUT2D eigenvalue weighted by Crippen LogP contribution is -2.55. The summed E-state index contributed by atoms with van der Waals surface area (Å²) in [5.74, 6) is -1.89. The molecule has 3 amide bonds. The molecular formula is C29H32N2O5. The number of cyclic esters (lactones) is 1. The van der Waals surface area contributed by atoms with E-state index >= 15 is 0 Å². The van der Waals surface area contributed by atoms with E-state index in [0.717, 1.165) is 22.5 Å². The highest BCUT2D eigenvalue weighted by Gasteiger charge is 2.61. The maximum absolute atomic E-state index is 13.8. The smallest absolute Gasteiger partial charge is 0.418 e. The highest BCUT2D eigenvalue weighted by Crippen LogP contribution is 2.39. The van der Waals surface area contributed by atoms with Gasteiger partial charge in [-0.15, -0.1) is 0 Å². The fourth-order valence-corrected chi connectivity index (χ4v) is 4.26. The number of nitrogens with one attached hydrogen (secondary N) is 1. The van der Waals surface area contributed by atoms with E-state index in [4.69, 9.17) is 4.74 Å². The van der Waals surface area contributed by atoms with E-state index in [2.05, 4.69) is 11.9 Å². The molecule has 0 spiro atoms. The molecule has 0 saturated carbocycles. The van der Waals surface area contributed by atoms with Crippen LogP contribution in [0.3, 0.4) is 0 Å². The molecule has 0 aromatic heterocycles. The molecule has 2 aliphatic rings. The maximum atomic E-state index is 13.8. The molecule has 1 aliphatic carbocycles. The molecule has 1 fully saturated rings. The number of ketones is 1. The van der Waals surface area contributed by atoms with Gasteiger partial charge < -0.3 is 10.1 Å². The van der Waals surface area contributed by atoms with Gasteiger partial charge in [0.15, 0.2) is 5.78 Å². The Kier molecular flexibility index (Phi) is 8.59. The Morgan fingerprint density at radius 3 is 2.64 bits per heavy atom. The second kappa shape index (κ2) is 11.6. The normalized spacial score (nSPS) is 22.9. The van der Waals surface area contributed by atoms with Crippen LogP contribution in [0.25, 0.3) is 0 Å². The number of amides is 3. The minimum absolute atomic E-state index is 0.0598. The number of imide groups is 1. The van der Waals surface area contributed by atoms with Gasteiger partial charge in [0, 0.05) is 12.0 Å². The quantitative estimate of drug-likeness (QED) is 0.291. The van der Waals surface area contributed by atoms with Crippen molar-refractivity contribution in [2.24, 2.45) is 5.92 Å². The van der Waals surface area contributed by atoms with Crippen LogP contribution in [-0.4, -0.2) is 40.7 Å². The van der Waals surface area contributed by atoms with Crippen molar-refractivity contribution in [2.45, 2.75) is 45.3 Å². The molecule has 1 aliphatic heterocycles. The number of ether oxygens (including phenoxy) is 1. The molecule has 3 unspecified atom stereocenters. The van der Waals surface area contributed by atoms with Crippen molar-refractivity contribution in [3.63, 3.8) is 0 Å². The predicted octanol–water partition coefficient (Wildman–Crippen LogP) is 4.75. The Hall–Kier alpha value is -4.00. The summed E-state index contributed by atoms with van der Waals surface area (Å²) in [5, 5.41) is 2.54. The van der Waals surface area contributed by atoms with Crippen LogP contribution in [0.15, 0.2) is 90.6 Å². The van der Waals surface area contributed by atoms with E-state index in [-0.39, 0.29) is 24.7 Å². The van der Waals surface area contributed by atoms with Gasteiger partial charge in [0.2, 0.25) is 0 Å². The lowest BCUT2D eigenvalue weighted by atomic mass is 9.83. The minimum atomic E-state index is -2.10. The number of hydrogen-bond acceptors (Lipinski definition) is 5. The van der Waals surface area contributed by atoms with Crippen LogP contribution in [0.2, 0.25) is 0 Å². The molecule has 0 radical (unpaired) electrons. The van der Waals surface area contributed by atoms with E-state index in [9.17, 15) is 19.2 Å². The molecule has 0 bridgehead atoms. The van der Waals surface area contributed by atoms with Gasteiger partial charge in [-0.2, -0.15) is 0 Å². The Morgan fingerprint density at radius 1 is 1.28 bits per heavy atom. The zero-order chi connectivity index (χ0) is 26.3. The van der Waals surface area contributed by atoms with Crippen LogP contribution < -0.4 is 5.32 Å². The standard InChI is InChI=1S/C29H32N2O5/c1-5-7-14-22(6-2)25(32)19-30-26(33)29(18-24-17-12-11-13-20(24)3)27(34)31(28(35)36-29)21(4)23-15-9-8-10-16-23/h5-12,14-17,20-21H,2,13,18-19H2,1,3-4H3,(H,30,33). The van der Waals surface area contributed by atoms with E-state index < -0.39 is 29.6 Å². The molecule has 1 aromatic rings. The second-order valence-electron chi connectivity index (χ2n) is 8.90. The lowest BCUT2D eigenvalue weighted by Gasteiger charge is -2.28. The molecule has 1 N–H and O–H groups in total. The summed E-state index contributed by atoms with van der Waals surface area (Å²) in [6.07, 6.45) is 11.9. The molecule has 7 heteroatoms. The summed E-state index contributed by atoms with van der Waals surface area (Å²) in [7, 11) is 0. The first-order valence-electron chi connectivity index (χ1n) is 12.0. The first kappa shape index (κ1) is 26.6. The van der Waals surface area contributed by atoms with Crippen molar-refractivity contribution >= 4 is 23.7 Å². The van der Waals surface area contributed by atoms with Crippen LogP contribution in [0.4, 0.5) is 4.79 Å². The van der Waals surface area contributed by atoms with Crippen LogP contribution in [-0.2, 0) is 19.1 Å². The molecule has 1 saturated heterocycles. The molecule has 1 heterocycles. The first-order chi connectivity index (χ1) is 17.2. The van der Waals surface area contributed by atoms with Gasteiger partial charge in [0.25, 0.3) is 17.4 Å². The first-order valence-corrected chi connectivity index (χ1v) is 12.0. The summed E-state index contributed by atoms with van der Waals surface area (Å²) in [6.45, 7) is 8.77.